The molecule has 0 unspecified atom stereocenters. The molecule has 0 saturated heterocycles. The van der Waals surface area contributed by atoms with Crippen LogP contribution in [0.25, 0.3) is 0 Å². The van der Waals surface area contributed by atoms with Gasteiger partial charge >= 0.3 is 0 Å². The second-order valence-electron chi connectivity index (χ2n) is 4.19. The van der Waals surface area contributed by atoms with Crippen molar-refractivity contribution in [1.82, 2.24) is 4.72 Å². The predicted octanol–water partition coefficient (Wildman–Crippen LogP) is 0.425. The van der Waals surface area contributed by atoms with E-state index < -0.39 is 20.0 Å². The Morgan fingerprint density at radius 2 is 1.70 bits per heavy atom. The van der Waals surface area contributed by atoms with Gasteiger partial charge in [0, 0.05) is 12.4 Å². The second-order valence-corrected chi connectivity index (χ2v) is 8.06. The Kier molecular flexibility index (Phi) is 6.41. The van der Waals surface area contributed by atoms with Crippen LogP contribution in [0, 0.1) is 0 Å². The first-order valence-electron chi connectivity index (χ1n) is 5.90. The van der Waals surface area contributed by atoms with E-state index in [9.17, 15) is 16.8 Å². The summed E-state index contributed by atoms with van der Waals surface area (Å²) in [5.74, 6) is 0.302. The fourth-order valence-corrected chi connectivity index (χ4v) is 3.40. The first kappa shape index (κ1) is 17.4. The number of alkyl halides is 1. The molecular weight excluding hydrogens is 324 g/mol. The Hall–Kier alpha value is -0.670. The first-order chi connectivity index (χ1) is 9.24. The molecule has 0 aliphatic heterocycles. The highest BCUT2D eigenvalue weighted by atomic mass is 35.5. The fourth-order valence-electron chi connectivity index (χ4n) is 1.51. The normalized spacial score (nSPS) is 12.5. The number of hydrogen-bond acceptors (Lipinski definition) is 4. The number of benzene rings is 1. The van der Waals surface area contributed by atoms with E-state index in [1.165, 1.54) is 12.1 Å². The summed E-state index contributed by atoms with van der Waals surface area (Å²) in [5, 5.41) is 4.98. The lowest BCUT2D eigenvalue weighted by molar-refractivity contribution is 0.580. The van der Waals surface area contributed by atoms with Crippen LogP contribution in [-0.4, -0.2) is 35.0 Å². The zero-order valence-corrected chi connectivity index (χ0v) is 13.1. The molecule has 0 atom stereocenters. The minimum atomic E-state index is -3.70. The molecule has 9 heteroatoms. The summed E-state index contributed by atoms with van der Waals surface area (Å²) in [7, 11) is -6.99. The molecule has 0 aliphatic carbocycles. The highest BCUT2D eigenvalue weighted by molar-refractivity contribution is 7.89. The monoisotopic (exact) mass is 340 g/mol. The largest absolute Gasteiger partial charge is 0.238 e. The van der Waals surface area contributed by atoms with Crippen LogP contribution in [0.15, 0.2) is 29.2 Å². The van der Waals surface area contributed by atoms with Crippen LogP contribution in [0.3, 0.4) is 0 Å². The third-order valence-corrected chi connectivity index (χ3v) is 5.20. The van der Waals surface area contributed by atoms with Gasteiger partial charge in [0.15, 0.2) is 0 Å². The first-order valence-corrected chi connectivity index (χ1v) is 9.63. The smallest absolute Gasteiger partial charge is 0.225 e. The molecule has 0 saturated carbocycles. The van der Waals surface area contributed by atoms with E-state index in [4.69, 9.17) is 16.7 Å². The van der Waals surface area contributed by atoms with Crippen molar-refractivity contribution in [3.63, 3.8) is 0 Å². The number of sulfonamides is 2. The number of nitrogens with two attached hydrogens (primary N) is 1. The van der Waals surface area contributed by atoms with Crippen LogP contribution >= 0.6 is 11.6 Å². The molecule has 0 fully saturated rings. The average Bonchev–Trinajstić information content (AvgIpc) is 2.36. The molecule has 0 aromatic heterocycles. The van der Waals surface area contributed by atoms with Crippen LogP contribution in [0.5, 0.6) is 0 Å². The molecule has 3 N–H and O–H groups in total. The van der Waals surface area contributed by atoms with Gasteiger partial charge in [-0.05, 0) is 30.5 Å². The van der Waals surface area contributed by atoms with Crippen LogP contribution in [0.2, 0.25) is 0 Å². The van der Waals surface area contributed by atoms with Crippen molar-refractivity contribution < 1.29 is 16.8 Å². The van der Waals surface area contributed by atoms with E-state index in [2.05, 4.69) is 4.72 Å². The number of primary sulfonamides is 1. The van der Waals surface area contributed by atoms with Crippen LogP contribution in [0.1, 0.15) is 12.0 Å². The highest BCUT2D eigenvalue weighted by Gasteiger charge is 2.09. The Labute approximate surface area is 124 Å². The number of nitrogens with one attached hydrogen (secondary N) is 1. The minimum absolute atomic E-state index is 0.000848. The van der Waals surface area contributed by atoms with E-state index in [0.29, 0.717) is 18.7 Å². The van der Waals surface area contributed by atoms with E-state index in [0.717, 1.165) is 5.56 Å². The molecule has 0 aliphatic rings. The molecule has 0 bridgehead atoms. The number of halogens is 1. The molecule has 1 rings (SSSR count). The summed E-state index contributed by atoms with van der Waals surface area (Å²) in [6.07, 6.45) is 0.866. The van der Waals surface area contributed by atoms with Crippen LogP contribution in [-0.2, 0) is 26.5 Å². The summed E-state index contributed by atoms with van der Waals surface area (Å²) in [6, 6.07) is 6.00. The quantitative estimate of drug-likeness (QED) is 0.669. The van der Waals surface area contributed by atoms with Crippen LogP contribution < -0.4 is 9.86 Å². The second kappa shape index (κ2) is 7.37. The Morgan fingerprint density at radius 1 is 1.10 bits per heavy atom. The Balaban J connectivity index is 2.51. The molecule has 1 aromatic rings. The van der Waals surface area contributed by atoms with Crippen molar-refractivity contribution in [2.24, 2.45) is 5.14 Å². The molecule has 0 heterocycles. The summed E-state index contributed by atoms with van der Waals surface area (Å²) in [4.78, 5) is 0.0314. The summed E-state index contributed by atoms with van der Waals surface area (Å²) >= 11 is 5.44. The van der Waals surface area contributed by atoms with Crippen molar-refractivity contribution in [2.75, 3.05) is 18.2 Å². The van der Waals surface area contributed by atoms with Gasteiger partial charge in [-0.25, -0.2) is 26.7 Å². The minimum Gasteiger partial charge on any atom is -0.225 e. The van der Waals surface area contributed by atoms with Crippen molar-refractivity contribution >= 4 is 31.6 Å². The predicted molar refractivity (Wildman–Crippen MR) is 78.6 cm³/mol. The standard InChI is InChI=1S/C11H17ClN2O4S2/c12-7-1-9-19(15,16)14-8-6-10-2-4-11(5-3-10)20(13,17)18/h2-5,14H,1,6-9H2,(H2,13,17,18). The van der Waals surface area contributed by atoms with Gasteiger partial charge in [0.1, 0.15) is 0 Å². The van der Waals surface area contributed by atoms with Gasteiger partial charge in [-0.3, -0.25) is 0 Å². The topological polar surface area (TPSA) is 106 Å². The molecule has 20 heavy (non-hydrogen) atoms. The number of hydrogen-bond donors (Lipinski definition) is 2. The maximum absolute atomic E-state index is 11.5. The maximum atomic E-state index is 11.5. The zero-order chi connectivity index (χ0) is 15.2. The summed E-state index contributed by atoms with van der Waals surface area (Å²) in [5.41, 5.74) is 0.817. The lowest BCUT2D eigenvalue weighted by atomic mass is 10.2. The Bertz CT molecular complexity index is 627. The van der Waals surface area contributed by atoms with E-state index in [1.807, 2.05) is 0 Å². The lowest BCUT2D eigenvalue weighted by Gasteiger charge is -2.06. The molecule has 6 nitrogen and oxygen atoms in total. The van der Waals surface area contributed by atoms with Gasteiger partial charge in [-0.2, -0.15) is 0 Å². The molecular formula is C11H17ClN2O4S2. The molecule has 1 aromatic carbocycles. The lowest BCUT2D eigenvalue weighted by Crippen LogP contribution is -2.28. The van der Waals surface area contributed by atoms with Gasteiger partial charge in [-0.15, -0.1) is 11.6 Å². The van der Waals surface area contributed by atoms with Gasteiger partial charge < -0.3 is 0 Å². The van der Waals surface area contributed by atoms with E-state index >= 15 is 0 Å². The van der Waals surface area contributed by atoms with E-state index in [-0.39, 0.29) is 17.2 Å². The fraction of sp³-hybridized carbons (Fsp3) is 0.455. The molecule has 114 valence electrons. The van der Waals surface area contributed by atoms with Gasteiger partial charge in [0.05, 0.1) is 10.6 Å². The zero-order valence-electron chi connectivity index (χ0n) is 10.7. The van der Waals surface area contributed by atoms with Crippen molar-refractivity contribution in [3.8, 4) is 0 Å². The summed E-state index contributed by atoms with van der Waals surface area (Å²) < 4.78 is 47.6. The maximum Gasteiger partial charge on any atom is 0.238 e. The van der Waals surface area contributed by atoms with Crippen LogP contribution in [0.4, 0.5) is 0 Å². The van der Waals surface area contributed by atoms with E-state index in [1.54, 1.807) is 12.1 Å². The van der Waals surface area contributed by atoms with Gasteiger partial charge in [0.2, 0.25) is 20.0 Å². The highest BCUT2D eigenvalue weighted by Crippen LogP contribution is 2.09. The third-order valence-electron chi connectivity index (χ3n) is 2.53. The molecule has 0 amide bonds. The van der Waals surface area contributed by atoms with Crippen molar-refractivity contribution in [1.29, 1.82) is 0 Å². The number of rotatable bonds is 8. The average molecular weight is 341 g/mol. The SMILES string of the molecule is NS(=O)(=O)c1ccc(CCNS(=O)(=O)CCCCl)cc1. The van der Waals surface area contributed by atoms with Gasteiger partial charge in [-0.1, -0.05) is 12.1 Å². The van der Waals surface area contributed by atoms with Gasteiger partial charge in [0.25, 0.3) is 0 Å². The summed E-state index contributed by atoms with van der Waals surface area (Å²) in [6.45, 7) is 0.249. The molecule has 0 radical (unpaired) electrons. The molecule has 0 spiro atoms. The van der Waals surface area contributed by atoms with Crippen molar-refractivity contribution in [3.05, 3.63) is 29.8 Å². The third kappa shape index (κ3) is 6.19. The Morgan fingerprint density at radius 3 is 2.20 bits per heavy atom. The van der Waals surface area contributed by atoms with Crippen molar-refractivity contribution in [2.45, 2.75) is 17.7 Å².